The highest BCUT2D eigenvalue weighted by Crippen LogP contribution is 2.38. The van der Waals surface area contributed by atoms with Crippen LogP contribution in [0.2, 0.25) is 0 Å². The normalized spacial score (nSPS) is 17.6. The van der Waals surface area contributed by atoms with E-state index in [-0.39, 0.29) is 18.3 Å². The monoisotopic (exact) mass is 517 g/mol. The molecule has 2 aromatic carbocycles. The van der Waals surface area contributed by atoms with Crippen molar-refractivity contribution in [3.63, 3.8) is 0 Å². The van der Waals surface area contributed by atoms with Gasteiger partial charge in [-0.05, 0) is 52.5 Å². The van der Waals surface area contributed by atoms with Gasteiger partial charge in [0.25, 0.3) is 0 Å². The van der Waals surface area contributed by atoms with Gasteiger partial charge in [-0.15, -0.1) is 0 Å². The summed E-state index contributed by atoms with van der Waals surface area (Å²) in [6.45, 7) is 14.3. The zero-order chi connectivity index (χ0) is 27.2. The van der Waals surface area contributed by atoms with Crippen molar-refractivity contribution < 1.29 is 9.31 Å². The zero-order valence-corrected chi connectivity index (χ0v) is 25.2. The van der Waals surface area contributed by atoms with Gasteiger partial charge in [0, 0.05) is 33.8 Å². The summed E-state index contributed by atoms with van der Waals surface area (Å²) in [6, 6.07) is 15.6. The third-order valence-electron chi connectivity index (χ3n) is 9.20. The first-order chi connectivity index (χ1) is 18.3. The number of nitrogens with zero attached hydrogens (tertiary/aromatic N) is 1. The van der Waals surface area contributed by atoms with Crippen LogP contribution in [-0.2, 0) is 15.9 Å². The number of unbranched alkanes of at least 4 members (excludes halogenated alkanes) is 8. The van der Waals surface area contributed by atoms with E-state index in [1.54, 1.807) is 0 Å². The van der Waals surface area contributed by atoms with E-state index in [1.165, 1.54) is 104 Å². The molecule has 4 heteroatoms. The molecule has 0 radical (unpaired) electrons. The molecular weight excluding hydrogens is 465 g/mol. The zero-order valence-electron chi connectivity index (χ0n) is 25.2. The number of hydrogen-bond donors (Lipinski definition) is 0. The van der Waals surface area contributed by atoms with Crippen LogP contribution in [0.15, 0.2) is 42.5 Å². The minimum absolute atomic E-state index is 0.351. The number of para-hydroxylation sites is 2. The van der Waals surface area contributed by atoms with Gasteiger partial charge in [0.1, 0.15) is 0 Å². The van der Waals surface area contributed by atoms with Crippen LogP contribution in [0.3, 0.4) is 0 Å². The van der Waals surface area contributed by atoms with Crippen molar-refractivity contribution in [1.29, 1.82) is 0 Å². The summed E-state index contributed by atoms with van der Waals surface area (Å²) in [7, 11) is -0.353. The van der Waals surface area contributed by atoms with E-state index in [4.69, 9.17) is 9.31 Å². The van der Waals surface area contributed by atoms with Crippen LogP contribution in [0.1, 0.15) is 119 Å². The molecule has 208 valence electrons. The van der Waals surface area contributed by atoms with E-state index in [9.17, 15) is 0 Å². The van der Waals surface area contributed by atoms with Gasteiger partial charge in [-0.1, -0.05) is 114 Å². The van der Waals surface area contributed by atoms with E-state index in [2.05, 4.69) is 88.6 Å². The second-order valence-electron chi connectivity index (χ2n) is 12.7. The number of aromatic nitrogens is 1. The van der Waals surface area contributed by atoms with Crippen LogP contribution in [-0.4, -0.2) is 22.9 Å². The lowest BCUT2D eigenvalue weighted by Crippen LogP contribution is -2.41. The minimum Gasteiger partial charge on any atom is -0.399 e. The maximum Gasteiger partial charge on any atom is 0.497 e. The highest BCUT2D eigenvalue weighted by molar-refractivity contribution is 6.65. The third kappa shape index (κ3) is 6.50. The summed E-state index contributed by atoms with van der Waals surface area (Å²) >= 11 is 0. The Balaban J connectivity index is 1.66. The molecule has 0 bridgehead atoms. The first-order valence-electron chi connectivity index (χ1n) is 15.6. The summed E-state index contributed by atoms with van der Waals surface area (Å²) in [5, 5.41) is 2.65. The van der Waals surface area contributed by atoms with E-state index in [1.807, 2.05) is 0 Å². The average Bonchev–Trinajstić information content (AvgIpc) is 3.32. The van der Waals surface area contributed by atoms with E-state index in [0.29, 0.717) is 5.92 Å². The quantitative estimate of drug-likeness (QED) is 0.148. The Labute approximate surface area is 232 Å². The Morgan fingerprint density at radius 1 is 0.684 bits per heavy atom. The summed E-state index contributed by atoms with van der Waals surface area (Å²) in [5.41, 5.74) is 3.11. The molecule has 0 spiro atoms. The van der Waals surface area contributed by atoms with Gasteiger partial charge in [-0.2, -0.15) is 0 Å². The minimum atomic E-state index is -0.353. The number of hydrogen-bond acceptors (Lipinski definition) is 2. The molecule has 2 heterocycles. The third-order valence-corrected chi connectivity index (χ3v) is 9.20. The van der Waals surface area contributed by atoms with Crippen molar-refractivity contribution in [2.45, 2.75) is 136 Å². The van der Waals surface area contributed by atoms with Crippen LogP contribution in [0.4, 0.5) is 0 Å². The van der Waals surface area contributed by atoms with Crippen LogP contribution < -0.4 is 5.46 Å². The molecule has 0 amide bonds. The standard InChI is InChI=1S/C34H52BNO2/c1-7-9-11-13-14-16-21-27(20-15-12-10-8-2)26-36-31-25-18-17-22-28(31)29-23-19-24-30(32(29)36)35-37-33(3,4)34(5,6)38-35/h17-19,22-25,27H,7-16,20-21,26H2,1-6H3. The van der Waals surface area contributed by atoms with Gasteiger partial charge in [0.2, 0.25) is 0 Å². The lowest BCUT2D eigenvalue weighted by Gasteiger charge is -2.32. The van der Waals surface area contributed by atoms with Gasteiger partial charge in [0.15, 0.2) is 0 Å². The molecule has 1 atom stereocenters. The first kappa shape index (κ1) is 29.2. The number of fused-ring (bicyclic) bond motifs is 3. The van der Waals surface area contributed by atoms with E-state index in [0.717, 1.165) is 6.54 Å². The second kappa shape index (κ2) is 13.1. The second-order valence-corrected chi connectivity index (χ2v) is 12.7. The van der Waals surface area contributed by atoms with Crippen molar-refractivity contribution in [3.05, 3.63) is 42.5 Å². The van der Waals surface area contributed by atoms with Gasteiger partial charge in [-0.25, -0.2) is 0 Å². The summed E-state index contributed by atoms with van der Waals surface area (Å²) < 4.78 is 15.8. The van der Waals surface area contributed by atoms with Crippen molar-refractivity contribution in [3.8, 4) is 0 Å². The summed E-state index contributed by atoms with van der Waals surface area (Å²) in [5.74, 6) is 0.698. The molecular formula is C34H52BNO2. The molecule has 1 aliphatic rings. The van der Waals surface area contributed by atoms with Crippen LogP contribution in [0.25, 0.3) is 21.8 Å². The van der Waals surface area contributed by atoms with Crippen molar-refractivity contribution >= 4 is 34.4 Å². The highest BCUT2D eigenvalue weighted by Gasteiger charge is 2.52. The Kier molecular flexibility index (Phi) is 10.0. The Morgan fingerprint density at radius 3 is 1.89 bits per heavy atom. The summed E-state index contributed by atoms with van der Waals surface area (Å²) in [6.07, 6.45) is 16.2. The largest absolute Gasteiger partial charge is 0.497 e. The first-order valence-corrected chi connectivity index (χ1v) is 15.6. The molecule has 1 fully saturated rings. The smallest absolute Gasteiger partial charge is 0.399 e. The fourth-order valence-electron chi connectivity index (χ4n) is 6.15. The highest BCUT2D eigenvalue weighted by atomic mass is 16.7. The fraction of sp³-hybridized carbons (Fsp3) is 0.647. The molecule has 0 N–H and O–H groups in total. The van der Waals surface area contributed by atoms with Crippen LogP contribution >= 0.6 is 0 Å². The number of benzene rings is 2. The fourth-order valence-corrected chi connectivity index (χ4v) is 6.15. The number of rotatable bonds is 15. The van der Waals surface area contributed by atoms with Gasteiger partial charge >= 0.3 is 7.12 Å². The molecule has 1 aliphatic heterocycles. The van der Waals surface area contributed by atoms with E-state index >= 15 is 0 Å². The van der Waals surface area contributed by atoms with Crippen molar-refractivity contribution in [2.24, 2.45) is 5.92 Å². The molecule has 1 unspecified atom stereocenters. The predicted octanol–water partition coefficient (Wildman–Crippen LogP) is 9.43. The van der Waals surface area contributed by atoms with Crippen LogP contribution in [0.5, 0.6) is 0 Å². The molecule has 1 saturated heterocycles. The van der Waals surface area contributed by atoms with E-state index < -0.39 is 0 Å². The van der Waals surface area contributed by atoms with Gasteiger partial charge < -0.3 is 13.9 Å². The molecule has 1 aromatic heterocycles. The Hall–Kier alpha value is -1.78. The topological polar surface area (TPSA) is 23.4 Å². The molecule has 4 rings (SSSR count). The van der Waals surface area contributed by atoms with Crippen molar-refractivity contribution in [1.82, 2.24) is 4.57 Å². The molecule has 0 saturated carbocycles. The molecule has 0 aliphatic carbocycles. The lowest BCUT2D eigenvalue weighted by molar-refractivity contribution is 0.00578. The Bertz CT molecular complexity index is 1150. The molecule has 3 nitrogen and oxygen atoms in total. The maximum absolute atomic E-state index is 6.58. The predicted molar refractivity (Wildman–Crippen MR) is 165 cm³/mol. The van der Waals surface area contributed by atoms with Crippen LogP contribution in [0, 0.1) is 5.92 Å². The molecule has 3 aromatic rings. The maximum atomic E-state index is 6.58. The molecule has 38 heavy (non-hydrogen) atoms. The van der Waals surface area contributed by atoms with Gasteiger partial charge in [-0.3, -0.25) is 0 Å². The van der Waals surface area contributed by atoms with Crippen molar-refractivity contribution in [2.75, 3.05) is 0 Å². The lowest BCUT2D eigenvalue weighted by atomic mass is 9.77. The summed E-state index contributed by atoms with van der Waals surface area (Å²) in [4.78, 5) is 0. The average molecular weight is 518 g/mol. The Morgan fingerprint density at radius 2 is 1.24 bits per heavy atom. The SMILES string of the molecule is CCCCCCCCC(CCCCCC)Cn1c2ccccc2c2cccc(B3OC(C)(C)C(C)(C)O3)c21. The van der Waals surface area contributed by atoms with Gasteiger partial charge in [0.05, 0.1) is 11.2 Å².